The molecule has 11 heteroatoms. The molecule has 1 aliphatic heterocycles. The maximum absolute atomic E-state index is 12.9. The average molecular weight is 494 g/mol. The second kappa shape index (κ2) is 8.70. The molecule has 0 saturated carbocycles. The second-order valence-corrected chi connectivity index (χ2v) is 9.76. The quantitative estimate of drug-likeness (QED) is 0.457. The monoisotopic (exact) mass is 493 g/mol. The number of aromatic nitrogens is 5. The fourth-order valence-corrected chi connectivity index (χ4v) is 3.92. The molecule has 0 atom stereocenters. The topological polar surface area (TPSA) is 107 Å². The third-order valence-corrected chi connectivity index (χ3v) is 5.89. The van der Waals surface area contributed by atoms with Gasteiger partial charge in [0.15, 0.2) is 0 Å². The van der Waals surface area contributed by atoms with E-state index in [-0.39, 0.29) is 17.9 Å². The summed E-state index contributed by atoms with van der Waals surface area (Å²) in [6.45, 7) is 6.57. The van der Waals surface area contributed by atoms with E-state index in [9.17, 15) is 9.59 Å². The normalized spacial score (nSPS) is 14.1. The smallest absolute Gasteiger partial charge is 0.410 e. The number of carbonyl (C=O) groups excluding carboxylic acids is 2. The number of likely N-dealkylation sites (tertiary alicyclic amines) is 1. The second-order valence-electron chi connectivity index (χ2n) is 9.35. The Morgan fingerprint density at radius 1 is 1.11 bits per heavy atom. The number of halogens is 1. The Morgan fingerprint density at radius 2 is 1.91 bits per heavy atom. The summed E-state index contributed by atoms with van der Waals surface area (Å²) in [6, 6.07) is 10.7. The summed E-state index contributed by atoms with van der Waals surface area (Å²) in [5.74, 6) is -0.241. The van der Waals surface area contributed by atoms with Gasteiger partial charge in [-0.15, -0.1) is 0 Å². The molecule has 0 bridgehead atoms. The molecule has 4 aromatic rings. The standard InChI is InChI=1S/C24H24ClN7O3/c1-24(2,3)35-23(34)30-13-15(14-30)20-12-27-32(29-20)16-7-8-18(25)19(10-16)28-22(33)17-11-26-31-9-5-4-6-21(17)31/h4-12,15H,13-14H2,1-3H3,(H,28,33). The van der Waals surface area contributed by atoms with Crippen LogP contribution >= 0.6 is 11.6 Å². The number of carbonyl (C=O) groups is 2. The van der Waals surface area contributed by atoms with E-state index >= 15 is 0 Å². The minimum Gasteiger partial charge on any atom is -0.444 e. The lowest BCUT2D eigenvalue weighted by Crippen LogP contribution is -2.50. The van der Waals surface area contributed by atoms with Gasteiger partial charge in [-0.25, -0.2) is 9.31 Å². The van der Waals surface area contributed by atoms with E-state index in [1.807, 2.05) is 39.0 Å². The Balaban J connectivity index is 1.28. The molecular weight excluding hydrogens is 470 g/mol. The zero-order chi connectivity index (χ0) is 24.7. The summed E-state index contributed by atoms with van der Waals surface area (Å²) < 4.78 is 7.03. The van der Waals surface area contributed by atoms with Gasteiger partial charge in [-0.2, -0.15) is 20.1 Å². The van der Waals surface area contributed by atoms with Crippen LogP contribution in [0.15, 0.2) is 55.0 Å². The molecule has 0 aliphatic carbocycles. The van der Waals surface area contributed by atoms with Crippen LogP contribution in [-0.2, 0) is 4.74 Å². The molecule has 1 saturated heterocycles. The van der Waals surface area contributed by atoms with Gasteiger partial charge in [0.25, 0.3) is 5.91 Å². The van der Waals surface area contributed by atoms with E-state index in [1.165, 1.54) is 11.0 Å². The van der Waals surface area contributed by atoms with Gasteiger partial charge >= 0.3 is 6.09 Å². The maximum Gasteiger partial charge on any atom is 0.410 e. The van der Waals surface area contributed by atoms with E-state index in [0.29, 0.717) is 40.6 Å². The van der Waals surface area contributed by atoms with E-state index in [2.05, 4.69) is 20.6 Å². The summed E-state index contributed by atoms with van der Waals surface area (Å²) in [7, 11) is 0. The highest BCUT2D eigenvalue weighted by Crippen LogP contribution is 2.29. The zero-order valence-electron chi connectivity index (χ0n) is 19.5. The number of rotatable bonds is 4. The van der Waals surface area contributed by atoms with Crippen LogP contribution in [0.2, 0.25) is 5.02 Å². The number of hydrogen-bond donors (Lipinski definition) is 1. The number of hydrogen-bond acceptors (Lipinski definition) is 6. The third kappa shape index (κ3) is 4.69. The molecule has 1 aliphatic rings. The number of benzene rings is 1. The molecule has 0 unspecified atom stereocenters. The van der Waals surface area contributed by atoms with Crippen LogP contribution in [0.25, 0.3) is 11.2 Å². The number of fused-ring (bicyclic) bond motifs is 1. The van der Waals surface area contributed by atoms with Gasteiger partial charge in [0, 0.05) is 25.2 Å². The molecule has 0 radical (unpaired) electrons. The van der Waals surface area contributed by atoms with Gasteiger partial charge in [-0.05, 0) is 51.1 Å². The number of nitrogens with one attached hydrogen (secondary N) is 1. The van der Waals surface area contributed by atoms with Crippen LogP contribution in [0.4, 0.5) is 10.5 Å². The predicted molar refractivity (Wildman–Crippen MR) is 130 cm³/mol. The summed E-state index contributed by atoms with van der Waals surface area (Å²) in [5, 5.41) is 16.4. The summed E-state index contributed by atoms with van der Waals surface area (Å²) in [5.41, 5.74) is 2.44. The number of ether oxygens (including phenoxy) is 1. The molecule has 4 heterocycles. The average Bonchev–Trinajstić information content (AvgIpc) is 3.40. The largest absolute Gasteiger partial charge is 0.444 e. The zero-order valence-corrected chi connectivity index (χ0v) is 20.2. The maximum atomic E-state index is 12.9. The highest BCUT2D eigenvalue weighted by molar-refractivity contribution is 6.34. The highest BCUT2D eigenvalue weighted by atomic mass is 35.5. The van der Waals surface area contributed by atoms with E-state index < -0.39 is 5.60 Å². The summed E-state index contributed by atoms with van der Waals surface area (Å²) in [6.07, 6.45) is 4.65. The lowest BCUT2D eigenvalue weighted by Gasteiger charge is -2.38. The third-order valence-electron chi connectivity index (χ3n) is 5.56. The van der Waals surface area contributed by atoms with Crippen LogP contribution in [-0.4, -0.2) is 60.2 Å². The molecule has 35 heavy (non-hydrogen) atoms. The lowest BCUT2D eigenvalue weighted by molar-refractivity contribution is 0.00784. The van der Waals surface area contributed by atoms with Crippen LogP contribution in [0, 0.1) is 0 Å². The van der Waals surface area contributed by atoms with Crippen LogP contribution in [0.3, 0.4) is 0 Å². The molecule has 1 aromatic carbocycles. The molecule has 1 fully saturated rings. The van der Waals surface area contributed by atoms with Crippen molar-refractivity contribution in [3.8, 4) is 5.69 Å². The Labute approximate surface area is 206 Å². The van der Waals surface area contributed by atoms with E-state index in [4.69, 9.17) is 16.3 Å². The molecule has 180 valence electrons. The van der Waals surface area contributed by atoms with Crippen molar-refractivity contribution in [3.63, 3.8) is 0 Å². The lowest BCUT2D eigenvalue weighted by atomic mass is 9.98. The van der Waals surface area contributed by atoms with Crippen molar-refractivity contribution in [2.24, 2.45) is 0 Å². The first kappa shape index (κ1) is 22.9. The van der Waals surface area contributed by atoms with E-state index in [1.54, 1.807) is 40.0 Å². The van der Waals surface area contributed by atoms with Crippen molar-refractivity contribution in [1.29, 1.82) is 0 Å². The van der Waals surface area contributed by atoms with Crippen LogP contribution in [0.1, 0.15) is 42.7 Å². The minimum absolute atomic E-state index is 0.0818. The molecule has 5 rings (SSSR count). The van der Waals surface area contributed by atoms with Crippen LogP contribution in [0.5, 0.6) is 0 Å². The van der Waals surface area contributed by atoms with Gasteiger partial charge in [0.2, 0.25) is 0 Å². The van der Waals surface area contributed by atoms with Gasteiger partial charge in [-0.3, -0.25) is 4.79 Å². The van der Waals surface area contributed by atoms with Crippen molar-refractivity contribution in [2.75, 3.05) is 18.4 Å². The number of amides is 2. The molecule has 10 nitrogen and oxygen atoms in total. The Hall–Kier alpha value is -3.92. The molecule has 1 N–H and O–H groups in total. The minimum atomic E-state index is -0.529. The SMILES string of the molecule is CC(C)(C)OC(=O)N1CC(c2cnn(-c3ccc(Cl)c(NC(=O)c4cnn5ccccc45)c3)n2)C1. The first-order valence-corrected chi connectivity index (χ1v) is 11.5. The Morgan fingerprint density at radius 3 is 2.69 bits per heavy atom. The summed E-state index contributed by atoms with van der Waals surface area (Å²) in [4.78, 5) is 28.2. The number of nitrogens with zero attached hydrogens (tertiary/aromatic N) is 6. The first-order chi connectivity index (χ1) is 16.7. The van der Waals surface area contributed by atoms with Crippen molar-refractivity contribution >= 4 is 34.8 Å². The molecule has 3 aromatic heterocycles. The fourth-order valence-electron chi connectivity index (χ4n) is 3.76. The molecule has 2 amide bonds. The van der Waals surface area contributed by atoms with Gasteiger partial charge in [-0.1, -0.05) is 17.7 Å². The number of pyridine rings is 1. The Bertz CT molecular complexity index is 1420. The van der Waals surface area contributed by atoms with E-state index in [0.717, 1.165) is 5.69 Å². The fraction of sp³-hybridized carbons (Fsp3) is 0.292. The highest BCUT2D eigenvalue weighted by Gasteiger charge is 2.36. The molecule has 0 spiro atoms. The van der Waals surface area contributed by atoms with Crippen molar-refractivity contribution in [3.05, 3.63) is 71.3 Å². The Kier molecular flexibility index (Phi) is 5.68. The summed E-state index contributed by atoms with van der Waals surface area (Å²) >= 11 is 6.35. The number of anilines is 1. The first-order valence-electron chi connectivity index (χ1n) is 11.1. The molecular formula is C24H24ClN7O3. The van der Waals surface area contributed by atoms with Gasteiger partial charge < -0.3 is 15.0 Å². The van der Waals surface area contributed by atoms with Crippen molar-refractivity contribution in [2.45, 2.75) is 32.3 Å². The van der Waals surface area contributed by atoms with Crippen molar-refractivity contribution in [1.82, 2.24) is 29.5 Å². The van der Waals surface area contributed by atoms with Crippen LogP contribution < -0.4 is 5.32 Å². The van der Waals surface area contributed by atoms with Crippen molar-refractivity contribution < 1.29 is 14.3 Å². The van der Waals surface area contributed by atoms with Gasteiger partial charge in [0.05, 0.1) is 45.6 Å². The van der Waals surface area contributed by atoms with Gasteiger partial charge in [0.1, 0.15) is 5.60 Å². The predicted octanol–water partition coefficient (Wildman–Crippen LogP) is 4.16.